The molecule has 0 spiro atoms. The monoisotopic (exact) mass is 262 g/mol. The third kappa shape index (κ3) is 3.48. The van der Waals surface area contributed by atoms with Crippen LogP contribution >= 0.6 is 0 Å². The van der Waals surface area contributed by atoms with Gasteiger partial charge in [-0.05, 0) is 45.2 Å². The smallest absolute Gasteiger partial charge is 0.123 e. The van der Waals surface area contributed by atoms with Crippen molar-refractivity contribution in [2.75, 3.05) is 20.2 Å². The molecule has 0 aliphatic carbocycles. The van der Waals surface area contributed by atoms with Crippen molar-refractivity contribution in [2.45, 2.75) is 39.3 Å². The molecule has 2 unspecified atom stereocenters. The molecular weight excluding hydrogens is 236 g/mol. The minimum atomic E-state index is 0.632. The van der Waals surface area contributed by atoms with Gasteiger partial charge in [0.05, 0.1) is 7.11 Å². The molecular formula is C16H26N2O. The molecule has 3 heteroatoms. The number of nitrogens with zero attached hydrogens (tertiary/aromatic N) is 1. The molecule has 19 heavy (non-hydrogen) atoms. The predicted octanol–water partition coefficient (Wildman–Crippen LogP) is 2.56. The van der Waals surface area contributed by atoms with E-state index < -0.39 is 0 Å². The Morgan fingerprint density at radius 3 is 2.84 bits per heavy atom. The lowest BCUT2D eigenvalue weighted by Crippen LogP contribution is -2.43. The molecule has 0 radical (unpaired) electrons. The van der Waals surface area contributed by atoms with Crippen molar-refractivity contribution in [2.24, 2.45) is 11.7 Å². The first-order valence-corrected chi connectivity index (χ1v) is 7.21. The van der Waals surface area contributed by atoms with E-state index >= 15 is 0 Å². The van der Waals surface area contributed by atoms with Crippen LogP contribution in [0.3, 0.4) is 0 Å². The van der Waals surface area contributed by atoms with Crippen LogP contribution in [0.2, 0.25) is 0 Å². The highest BCUT2D eigenvalue weighted by Gasteiger charge is 2.25. The van der Waals surface area contributed by atoms with Crippen LogP contribution in [0.25, 0.3) is 0 Å². The molecule has 1 aliphatic rings. The predicted molar refractivity (Wildman–Crippen MR) is 79.4 cm³/mol. The van der Waals surface area contributed by atoms with E-state index in [2.05, 4.69) is 36.9 Å². The number of benzene rings is 1. The summed E-state index contributed by atoms with van der Waals surface area (Å²) < 4.78 is 5.48. The van der Waals surface area contributed by atoms with E-state index in [9.17, 15) is 0 Å². The molecule has 2 N–H and O–H groups in total. The Balaban J connectivity index is 2.12. The van der Waals surface area contributed by atoms with Crippen molar-refractivity contribution in [3.8, 4) is 5.75 Å². The number of aryl methyl sites for hydroxylation is 1. The molecule has 2 atom stereocenters. The van der Waals surface area contributed by atoms with Gasteiger partial charge in [-0.1, -0.05) is 17.7 Å². The fourth-order valence-electron chi connectivity index (χ4n) is 2.92. The largest absolute Gasteiger partial charge is 0.496 e. The standard InChI is InChI=1S/C16H26N2O/c1-12-4-7-16(19-3)15(8-12)11-18-10-14(9-17)6-5-13(18)2/h4,7-8,13-14H,5-6,9-11,17H2,1-3H3. The summed E-state index contributed by atoms with van der Waals surface area (Å²) in [6.45, 7) is 7.31. The fourth-order valence-corrected chi connectivity index (χ4v) is 2.92. The Kier molecular flexibility index (Phi) is 4.83. The van der Waals surface area contributed by atoms with Gasteiger partial charge in [0, 0.05) is 24.7 Å². The second kappa shape index (κ2) is 6.40. The van der Waals surface area contributed by atoms with Crippen molar-refractivity contribution in [1.29, 1.82) is 0 Å². The van der Waals surface area contributed by atoms with Gasteiger partial charge in [-0.15, -0.1) is 0 Å². The summed E-state index contributed by atoms with van der Waals surface area (Å²) in [5.41, 5.74) is 8.41. The van der Waals surface area contributed by atoms with Crippen LogP contribution in [0, 0.1) is 12.8 Å². The molecule has 1 heterocycles. The highest BCUT2D eigenvalue weighted by atomic mass is 16.5. The van der Waals surface area contributed by atoms with Gasteiger partial charge in [-0.2, -0.15) is 0 Å². The van der Waals surface area contributed by atoms with Crippen LogP contribution in [0.5, 0.6) is 5.75 Å². The lowest BCUT2D eigenvalue weighted by atomic mass is 9.93. The topological polar surface area (TPSA) is 38.5 Å². The third-order valence-electron chi connectivity index (χ3n) is 4.25. The summed E-state index contributed by atoms with van der Waals surface area (Å²) in [6, 6.07) is 7.04. The zero-order valence-electron chi connectivity index (χ0n) is 12.4. The first kappa shape index (κ1) is 14.4. The Hall–Kier alpha value is -1.06. The second-order valence-electron chi connectivity index (χ2n) is 5.77. The van der Waals surface area contributed by atoms with E-state index in [0.717, 1.165) is 25.4 Å². The van der Waals surface area contributed by atoms with Gasteiger partial charge in [0.25, 0.3) is 0 Å². The minimum absolute atomic E-state index is 0.632. The van der Waals surface area contributed by atoms with Crippen LogP contribution < -0.4 is 10.5 Å². The number of hydrogen-bond acceptors (Lipinski definition) is 3. The molecule has 106 valence electrons. The Morgan fingerprint density at radius 2 is 2.16 bits per heavy atom. The van der Waals surface area contributed by atoms with Gasteiger partial charge in [0.15, 0.2) is 0 Å². The Labute approximate surface area is 116 Å². The number of ether oxygens (including phenoxy) is 1. The van der Waals surface area contributed by atoms with Crippen LogP contribution in [-0.4, -0.2) is 31.1 Å². The van der Waals surface area contributed by atoms with E-state index in [1.165, 1.54) is 24.0 Å². The summed E-state index contributed by atoms with van der Waals surface area (Å²) in [4.78, 5) is 2.54. The van der Waals surface area contributed by atoms with E-state index in [4.69, 9.17) is 10.5 Å². The van der Waals surface area contributed by atoms with Crippen LogP contribution in [0.4, 0.5) is 0 Å². The average molecular weight is 262 g/mol. The van der Waals surface area contributed by atoms with Crippen molar-refractivity contribution in [3.05, 3.63) is 29.3 Å². The van der Waals surface area contributed by atoms with Crippen LogP contribution in [0.1, 0.15) is 30.9 Å². The van der Waals surface area contributed by atoms with Crippen LogP contribution in [0.15, 0.2) is 18.2 Å². The molecule has 1 aromatic rings. The lowest BCUT2D eigenvalue weighted by molar-refractivity contribution is 0.112. The van der Waals surface area contributed by atoms with Crippen molar-refractivity contribution < 1.29 is 4.74 Å². The highest BCUT2D eigenvalue weighted by Crippen LogP contribution is 2.27. The zero-order valence-corrected chi connectivity index (χ0v) is 12.4. The third-order valence-corrected chi connectivity index (χ3v) is 4.25. The van der Waals surface area contributed by atoms with E-state index in [1.54, 1.807) is 7.11 Å². The molecule has 0 aromatic heterocycles. The van der Waals surface area contributed by atoms with E-state index in [-0.39, 0.29) is 0 Å². The summed E-state index contributed by atoms with van der Waals surface area (Å²) in [5.74, 6) is 1.64. The van der Waals surface area contributed by atoms with E-state index in [1.807, 2.05) is 0 Å². The zero-order chi connectivity index (χ0) is 13.8. The Morgan fingerprint density at radius 1 is 1.37 bits per heavy atom. The molecule has 3 nitrogen and oxygen atoms in total. The summed E-state index contributed by atoms with van der Waals surface area (Å²) in [6.07, 6.45) is 2.51. The van der Waals surface area contributed by atoms with Gasteiger partial charge in [-0.25, -0.2) is 0 Å². The summed E-state index contributed by atoms with van der Waals surface area (Å²) in [5, 5.41) is 0. The molecule has 1 fully saturated rings. The maximum absolute atomic E-state index is 5.83. The van der Waals surface area contributed by atoms with Crippen molar-refractivity contribution >= 4 is 0 Å². The Bertz CT molecular complexity index is 419. The van der Waals surface area contributed by atoms with Crippen molar-refractivity contribution in [3.63, 3.8) is 0 Å². The van der Waals surface area contributed by atoms with Crippen molar-refractivity contribution in [1.82, 2.24) is 4.90 Å². The maximum atomic E-state index is 5.83. The lowest BCUT2D eigenvalue weighted by Gasteiger charge is -2.38. The number of piperidine rings is 1. The number of rotatable bonds is 4. The summed E-state index contributed by atoms with van der Waals surface area (Å²) >= 11 is 0. The van der Waals surface area contributed by atoms with Gasteiger partial charge in [0.2, 0.25) is 0 Å². The number of methoxy groups -OCH3 is 1. The average Bonchev–Trinajstić information content (AvgIpc) is 2.41. The minimum Gasteiger partial charge on any atom is -0.496 e. The normalized spacial score (nSPS) is 24.4. The van der Waals surface area contributed by atoms with Gasteiger partial charge in [0.1, 0.15) is 5.75 Å². The molecule has 1 saturated heterocycles. The maximum Gasteiger partial charge on any atom is 0.123 e. The van der Waals surface area contributed by atoms with Gasteiger partial charge >= 0.3 is 0 Å². The molecule has 2 rings (SSSR count). The van der Waals surface area contributed by atoms with Gasteiger partial charge in [-0.3, -0.25) is 4.90 Å². The number of nitrogens with two attached hydrogens (primary N) is 1. The first-order chi connectivity index (χ1) is 9.13. The molecule has 0 bridgehead atoms. The number of hydrogen-bond donors (Lipinski definition) is 1. The quantitative estimate of drug-likeness (QED) is 0.906. The second-order valence-corrected chi connectivity index (χ2v) is 5.77. The van der Waals surface area contributed by atoms with Crippen LogP contribution in [-0.2, 0) is 6.54 Å². The highest BCUT2D eigenvalue weighted by molar-refractivity contribution is 5.36. The summed E-state index contributed by atoms with van der Waals surface area (Å²) in [7, 11) is 1.75. The molecule has 1 aliphatic heterocycles. The fraction of sp³-hybridized carbons (Fsp3) is 0.625. The number of likely N-dealkylation sites (tertiary alicyclic amines) is 1. The molecule has 0 amide bonds. The molecule has 0 saturated carbocycles. The first-order valence-electron chi connectivity index (χ1n) is 7.21. The molecule has 1 aromatic carbocycles. The van der Waals surface area contributed by atoms with E-state index in [0.29, 0.717) is 12.0 Å². The van der Waals surface area contributed by atoms with Gasteiger partial charge < -0.3 is 10.5 Å². The SMILES string of the molecule is COc1ccc(C)cc1CN1CC(CN)CCC1C.